The summed E-state index contributed by atoms with van der Waals surface area (Å²) in [4.78, 5) is 29.2. The van der Waals surface area contributed by atoms with Gasteiger partial charge in [0.05, 0.1) is 11.5 Å². The van der Waals surface area contributed by atoms with Crippen LogP contribution in [0.15, 0.2) is 0 Å². The Morgan fingerprint density at radius 3 is 1.31 bits per heavy atom. The van der Waals surface area contributed by atoms with Crippen LogP contribution < -0.4 is 21.3 Å². The Morgan fingerprint density at radius 1 is 0.562 bits per heavy atom. The Labute approximate surface area is 199 Å². The van der Waals surface area contributed by atoms with Crippen LogP contribution in [0, 0.1) is 0 Å². The average Bonchev–Trinajstić information content (AvgIpc) is 2.73. The molecule has 4 N–H and O–H groups in total. The van der Waals surface area contributed by atoms with Crippen molar-refractivity contribution in [2.45, 2.75) is 50.0 Å². The number of hydrogen-bond donors (Lipinski definition) is 2. The highest BCUT2D eigenvalue weighted by atomic mass is 32.2. The van der Waals surface area contributed by atoms with E-state index in [0.717, 1.165) is 34.7 Å². The van der Waals surface area contributed by atoms with E-state index in [1.807, 2.05) is 61.5 Å². The molecule has 32 heavy (non-hydrogen) atoms. The van der Waals surface area contributed by atoms with Gasteiger partial charge >= 0.3 is 0 Å². The number of nitrogen functional groups attached to an aromatic ring is 2. The number of anilines is 4. The number of aromatic nitrogens is 6. The zero-order chi connectivity index (χ0) is 23.3. The maximum absolute atomic E-state index is 5.76. The molecule has 0 aliphatic heterocycles. The minimum atomic E-state index is 0.285. The van der Waals surface area contributed by atoms with E-state index in [0.29, 0.717) is 11.9 Å². The summed E-state index contributed by atoms with van der Waals surface area (Å²) in [6.45, 7) is 0. The number of thioether (sulfide) groups is 2. The van der Waals surface area contributed by atoms with Crippen LogP contribution in [-0.4, -0.2) is 69.6 Å². The third-order valence-electron chi connectivity index (χ3n) is 4.46. The Kier molecular flexibility index (Phi) is 11.6. The third kappa shape index (κ3) is 10.0. The summed E-state index contributed by atoms with van der Waals surface area (Å²) in [6.07, 6.45) is 7.53. The van der Waals surface area contributed by atoms with Gasteiger partial charge in [0.15, 0.2) is 0 Å². The molecule has 0 unspecified atom stereocenters. The lowest BCUT2D eigenvalue weighted by molar-refractivity contribution is 0.629. The molecule has 0 saturated carbocycles. The van der Waals surface area contributed by atoms with Crippen molar-refractivity contribution in [3.8, 4) is 0 Å². The third-order valence-corrected chi connectivity index (χ3v) is 6.54. The lowest BCUT2D eigenvalue weighted by Gasteiger charge is -2.11. The van der Waals surface area contributed by atoms with Gasteiger partial charge in [0.1, 0.15) is 11.6 Å². The predicted molar refractivity (Wildman–Crippen MR) is 137 cm³/mol. The minimum Gasteiger partial charge on any atom is -0.368 e. The lowest BCUT2D eigenvalue weighted by atomic mass is 10.1. The fraction of sp³-hybridized carbons (Fsp3) is 0.700. The minimum absolute atomic E-state index is 0.285. The van der Waals surface area contributed by atoms with Gasteiger partial charge in [-0.15, -0.1) is 0 Å². The van der Waals surface area contributed by atoms with Gasteiger partial charge in [-0.3, -0.25) is 0 Å². The van der Waals surface area contributed by atoms with Crippen LogP contribution >= 0.6 is 23.5 Å². The standard InChI is InChI=1S/C20H36N10S2/c1-29(2)19-25-15(23-17(21)27-19)13-31-11-9-7-5-6-8-10-12-32-14-16-24-18(22)28-20(26-16)30(3)4/h5-14H2,1-4H3,(H2,21,23,25,27)(H2,22,24,26,28). The zero-order valence-electron chi connectivity index (χ0n) is 19.6. The summed E-state index contributed by atoms with van der Waals surface area (Å²) in [6, 6.07) is 0. The van der Waals surface area contributed by atoms with Crippen molar-refractivity contribution in [3.63, 3.8) is 0 Å². The average molecular weight is 481 g/mol. The summed E-state index contributed by atoms with van der Waals surface area (Å²) in [7, 11) is 7.60. The van der Waals surface area contributed by atoms with Crippen molar-refractivity contribution in [2.24, 2.45) is 0 Å². The van der Waals surface area contributed by atoms with Crippen LogP contribution in [0.1, 0.15) is 50.2 Å². The van der Waals surface area contributed by atoms with Crippen LogP contribution in [0.3, 0.4) is 0 Å². The molecule has 0 bridgehead atoms. The highest BCUT2D eigenvalue weighted by Gasteiger charge is 2.07. The van der Waals surface area contributed by atoms with Crippen molar-refractivity contribution in [1.29, 1.82) is 0 Å². The number of rotatable bonds is 15. The molecule has 0 atom stereocenters. The van der Waals surface area contributed by atoms with Crippen LogP contribution in [0.5, 0.6) is 0 Å². The van der Waals surface area contributed by atoms with Gasteiger partial charge in [-0.1, -0.05) is 25.7 Å². The SMILES string of the molecule is CN(C)c1nc(N)nc(CSCCCCCCCCSCc2nc(N)nc(N(C)C)n2)n1. The highest BCUT2D eigenvalue weighted by molar-refractivity contribution is 7.98. The van der Waals surface area contributed by atoms with E-state index >= 15 is 0 Å². The number of nitrogens with two attached hydrogens (primary N) is 2. The second-order valence-electron chi connectivity index (χ2n) is 7.84. The van der Waals surface area contributed by atoms with Gasteiger partial charge < -0.3 is 21.3 Å². The molecule has 2 heterocycles. The first-order valence-corrected chi connectivity index (χ1v) is 13.2. The van der Waals surface area contributed by atoms with Crippen LogP contribution in [-0.2, 0) is 11.5 Å². The predicted octanol–water partition coefficient (Wildman–Crippen LogP) is 2.86. The largest absolute Gasteiger partial charge is 0.368 e. The van der Waals surface area contributed by atoms with Gasteiger partial charge in [0.25, 0.3) is 0 Å². The van der Waals surface area contributed by atoms with Crippen molar-refractivity contribution in [3.05, 3.63) is 11.6 Å². The molecule has 10 nitrogen and oxygen atoms in total. The lowest BCUT2D eigenvalue weighted by Crippen LogP contribution is -2.16. The van der Waals surface area contributed by atoms with E-state index < -0.39 is 0 Å². The molecule has 2 rings (SSSR count). The van der Waals surface area contributed by atoms with E-state index in [4.69, 9.17) is 11.5 Å². The first kappa shape index (κ1) is 26.2. The molecule has 2 aromatic rings. The smallest absolute Gasteiger partial charge is 0.229 e. The Morgan fingerprint density at radius 2 is 0.938 bits per heavy atom. The molecule has 12 heteroatoms. The normalized spacial score (nSPS) is 11.0. The summed E-state index contributed by atoms with van der Waals surface area (Å²) < 4.78 is 0. The van der Waals surface area contributed by atoms with Crippen molar-refractivity contribution in [1.82, 2.24) is 29.9 Å². The van der Waals surface area contributed by atoms with Crippen molar-refractivity contribution < 1.29 is 0 Å². The summed E-state index contributed by atoms with van der Waals surface area (Å²) in [5.74, 6) is 7.07. The second kappa shape index (κ2) is 14.1. The molecule has 0 aliphatic carbocycles. The van der Waals surface area contributed by atoms with Gasteiger partial charge in [-0.2, -0.15) is 53.4 Å². The maximum atomic E-state index is 5.76. The van der Waals surface area contributed by atoms with Crippen molar-refractivity contribution in [2.75, 3.05) is 61.0 Å². The molecule has 0 aliphatic rings. The van der Waals surface area contributed by atoms with Crippen LogP contribution in [0.4, 0.5) is 23.8 Å². The van der Waals surface area contributed by atoms with E-state index in [2.05, 4.69) is 29.9 Å². The first-order valence-electron chi connectivity index (χ1n) is 10.9. The summed E-state index contributed by atoms with van der Waals surface area (Å²) in [5.41, 5.74) is 11.5. The summed E-state index contributed by atoms with van der Waals surface area (Å²) in [5, 5.41) is 0. The van der Waals surface area contributed by atoms with E-state index in [9.17, 15) is 0 Å². The molecule has 0 fully saturated rings. The molecular weight excluding hydrogens is 444 g/mol. The van der Waals surface area contributed by atoms with Crippen LogP contribution in [0.2, 0.25) is 0 Å². The highest BCUT2D eigenvalue weighted by Crippen LogP contribution is 2.17. The summed E-state index contributed by atoms with van der Waals surface area (Å²) >= 11 is 3.71. The van der Waals surface area contributed by atoms with Gasteiger partial charge in [-0.05, 0) is 24.3 Å². The molecule has 0 amide bonds. The molecular formula is C20H36N10S2. The first-order chi connectivity index (χ1) is 15.3. The quantitative estimate of drug-likeness (QED) is 0.363. The number of hydrogen-bond acceptors (Lipinski definition) is 12. The molecule has 0 spiro atoms. The fourth-order valence-corrected chi connectivity index (χ4v) is 4.55. The van der Waals surface area contributed by atoms with Gasteiger partial charge in [0, 0.05) is 28.2 Å². The van der Waals surface area contributed by atoms with E-state index in [1.54, 1.807) is 0 Å². The molecule has 0 aromatic carbocycles. The molecule has 0 saturated heterocycles. The number of unbranched alkanes of at least 4 members (excludes halogenated alkanes) is 5. The second-order valence-corrected chi connectivity index (χ2v) is 10.0. The number of nitrogens with zero attached hydrogens (tertiary/aromatic N) is 8. The Balaban J connectivity index is 1.47. The fourth-order valence-electron chi connectivity index (χ4n) is 2.82. The molecule has 178 valence electrons. The van der Waals surface area contributed by atoms with Gasteiger partial charge in [-0.25, -0.2) is 0 Å². The topological polar surface area (TPSA) is 136 Å². The monoisotopic (exact) mass is 480 g/mol. The van der Waals surface area contributed by atoms with Crippen LogP contribution in [0.25, 0.3) is 0 Å². The maximum Gasteiger partial charge on any atom is 0.229 e. The zero-order valence-corrected chi connectivity index (χ0v) is 21.3. The Bertz CT molecular complexity index is 751. The van der Waals surface area contributed by atoms with Crippen molar-refractivity contribution >= 4 is 47.3 Å². The van der Waals surface area contributed by atoms with Gasteiger partial charge in [0.2, 0.25) is 23.8 Å². The molecule has 2 aromatic heterocycles. The molecule has 0 radical (unpaired) electrons. The van der Waals surface area contributed by atoms with E-state index in [1.165, 1.54) is 38.5 Å². The Hall–Kier alpha value is -2.08. The van der Waals surface area contributed by atoms with E-state index in [-0.39, 0.29) is 11.9 Å².